The molecule has 0 atom stereocenters. The molecule has 1 aromatic rings. The lowest BCUT2D eigenvalue weighted by atomic mass is 9.91. The number of hydrogen-bond donors (Lipinski definition) is 1. The van der Waals surface area contributed by atoms with E-state index in [1.165, 1.54) is 5.56 Å². The Kier molecular flexibility index (Phi) is 4.49. The van der Waals surface area contributed by atoms with Gasteiger partial charge in [-0.25, -0.2) is 0 Å². The summed E-state index contributed by atoms with van der Waals surface area (Å²) in [7, 11) is 3.34. The van der Waals surface area contributed by atoms with Crippen molar-refractivity contribution in [3.05, 3.63) is 23.8 Å². The highest BCUT2D eigenvalue weighted by Crippen LogP contribution is 2.29. The smallest absolute Gasteiger partial charge is 0.161 e. The lowest BCUT2D eigenvalue weighted by Crippen LogP contribution is -2.66. The Balaban J connectivity index is 2.14. The molecule has 0 amide bonds. The van der Waals surface area contributed by atoms with E-state index in [-0.39, 0.29) is 11.1 Å². The summed E-state index contributed by atoms with van der Waals surface area (Å²) in [5.74, 6) is 1.57. The molecule has 118 valence electrons. The number of hydrogen-bond acceptors (Lipinski definition) is 4. The zero-order chi connectivity index (χ0) is 15.7. The average molecular weight is 292 g/mol. The second-order valence-electron chi connectivity index (χ2n) is 7.23. The Morgan fingerprint density at radius 1 is 1.00 bits per heavy atom. The van der Waals surface area contributed by atoms with E-state index in [4.69, 9.17) is 9.47 Å². The first-order valence-electron chi connectivity index (χ1n) is 7.47. The van der Waals surface area contributed by atoms with E-state index in [1.54, 1.807) is 14.2 Å². The number of piperazine rings is 1. The van der Waals surface area contributed by atoms with Crippen molar-refractivity contribution in [1.29, 1.82) is 0 Å². The lowest BCUT2D eigenvalue weighted by Gasteiger charge is -2.48. The molecule has 2 rings (SSSR count). The van der Waals surface area contributed by atoms with Crippen molar-refractivity contribution in [3.63, 3.8) is 0 Å². The van der Waals surface area contributed by atoms with Gasteiger partial charge in [0.1, 0.15) is 0 Å². The summed E-state index contributed by atoms with van der Waals surface area (Å²) in [5, 5.41) is 3.70. The Labute approximate surface area is 128 Å². The van der Waals surface area contributed by atoms with Gasteiger partial charge < -0.3 is 14.8 Å². The Morgan fingerprint density at radius 2 is 1.57 bits per heavy atom. The molecule has 1 aromatic carbocycles. The molecule has 0 unspecified atom stereocenters. The highest BCUT2D eigenvalue weighted by molar-refractivity contribution is 5.42. The molecule has 0 aliphatic carbocycles. The van der Waals surface area contributed by atoms with E-state index in [9.17, 15) is 0 Å². The van der Waals surface area contributed by atoms with Gasteiger partial charge in [-0.05, 0) is 45.4 Å². The predicted molar refractivity (Wildman–Crippen MR) is 86.1 cm³/mol. The fourth-order valence-electron chi connectivity index (χ4n) is 3.52. The van der Waals surface area contributed by atoms with Crippen LogP contribution in [0.3, 0.4) is 0 Å². The van der Waals surface area contributed by atoms with Gasteiger partial charge in [-0.2, -0.15) is 0 Å². The van der Waals surface area contributed by atoms with Crippen molar-refractivity contribution < 1.29 is 9.47 Å². The Morgan fingerprint density at radius 3 is 2.10 bits per heavy atom. The van der Waals surface area contributed by atoms with Gasteiger partial charge in [0.15, 0.2) is 11.5 Å². The third-order valence-corrected chi connectivity index (χ3v) is 3.77. The first-order chi connectivity index (χ1) is 9.74. The number of rotatable bonds is 4. The van der Waals surface area contributed by atoms with Crippen LogP contribution in [0.4, 0.5) is 0 Å². The Hall–Kier alpha value is -1.26. The summed E-state index contributed by atoms with van der Waals surface area (Å²) >= 11 is 0. The highest BCUT2D eigenvalue weighted by atomic mass is 16.5. The largest absolute Gasteiger partial charge is 0.493 e. The molecule has 21 heavy (non-hydrogen) atoms. The summed E-state index contributed by atoms with van der Waals surface area (Å²) < 4.78 is 10.7. The van der Waals surface area contributed by atoms with E-state index in [0.29, 0.717) is 0 Å². The van der Waals surface area contributed by atoms with E-state index < -0.39 is 0 Å². The molecule has 0 radical (unpaired) electrons. The van der Waals surface area contributed by atoms with Gasteiger partial charge >= 0.3 is 0 Å². The molecule has 0 bridgehead atoms. The molecule has 0 aromatic heterocycles. The van der Waals surface area contributed by atoms with Crippen LogP contribution < -0.4 is 14.8 Å². The van der Waals surface area contributed by atoms with E-state index in [2.05, 4.69) is 50.0 Å². The molecule has 1 saturated heterocycles. The maximum atomic E-state index is 5.39. The molecule has 4 nitrogen and oxygen atoms in total. The number of ether oxygens (including phenoxy) is 2. The molecular formula is C17H28N2O2. The van der Waals surface area contributed by atoms with Crippen LogP contribution in [-0.4, -0.2) is 43.3 Å². The topological polar surface area (TPSA) is 33.7 Å². The molecule has 1 aliphatic heterocycles. The first-order valence-corrected chi connectivity index (χ1v) is 7.47. The fraction of sp³-hybridized carbons (Fsp3) is 0.647. The van der Waals surface area contributed by atoms with Gasteiger partial charge in [0.05, 0.1) is 14.2 Å². The minimum absolute atomic E-state index is 0.123. The van der Waals surface area contributed by atoms with Crippen molar-refractivity contribution in [2.24, 2.45) is 0 Å². The monoisotopic (exact) mass is 292 g/mol. The van der Waals surface area contributed by atoms with Gasteiger partial charge in [-0.3, -0.25) is 4.90 Å². The predicted octanol–water partition coefficient (Wildman–Crippen LogP) is 2.67. The molecule has 1 N–H and O–H groups in total. The summed E-state index contributed by atoms with van der Waals surface area (Å²) in [5.41, 5.74) is 1.50. The molecular weight excluding hydrogens is 264 g/mol. The molecule has 4 heteroatoms. The third kappa shape index (κ3) is 4.11. The molecule has 0 spiro atoms. The van der Waals surface area contributed by atoms with Gasteiger partial charge in [0.2, 0.25) is 0 Å². The first kappa shape index (κ1) is 16.1. The van der Waals surface area contributed by atoms with E-state index in [1.807, 2.05) is 6.07 Å². The summed E-state index contributed by atoms with van der Waals surface area (Å²) in [6.45, 7) is 12.0. The van der Waals surface area contributed by atoms with Gasteiger partial charge in [0.25, 0.3) is 0 Å². The van der Waals surface area contributed by atoms with Gasteiger partial charge in [-0.1, -0.05) is 6.07 Å². The normalized spacial score (nSPS) is 21.0. The third-order valence-electron chi connectivity index (χ3n) is 3.77. The van der Waals surface area contributed by atoms with Crippen LogP contribution in [0, 0.1) is 0 Å². The van der Waals surface area contributed by atoms with E-state index in [0.717, 1.165) is 31.1 Å². The van der Waals surface area contributed by atoms with E-state index >= 15 is 0 Å². The second kappa shape index (κ2) is 5.85. The standard InChI is InChI=1S/C17H28N2O2/c1-16(2)11-19(12-17(3,4)18-16)10-13-7-8-14(20-5)15(9-13)21-6/h7-9,18H,10-12H2,1-6H3. The quantitative estimate of drug-likeness (QED) is 0.925. The number of methoxy groups -OCH3 is 2. The summed E-state index contributed by atoms with van der Waals surface area (Å²) in [4.78, 5) is 2.50. The maximum Gasteiger partial charge on any atom is 0.161 e. The molecule has 1 fully saturated rings. The molecule has 0 saturated carbocycles. The summed E-state index contributed by atoms with van der Waals surface area (Å²) in [6, 6.07) is 6.16. The lowest BCUT2D eigenvalue weighted by molar-refractivity contribution is 0.0728. The molecule has 1 heterocycles. The number of nitrogens with one attached hydrogen (secondary N) is 1. The number of nitrogens with zero attached hydrogens (tertiary/aromatic N) is 1. The van der Waals surface area contributed by atoms with Crippen molar-refractivity contribution in [2.45, 2.75) is 45.3 Å². The van der Waals surface area contributed by atoms with Crippen LogP contribution in [0.2, 0.25) is 0 Å². The van der Waals surface area contributed by atoms with Crippen LogP contribution in [0.25, 0.3) is 0 Å². The Bertz CT molecular complexity index is 482. The molecule has 1 aliphatic rings. The highest BCUT2D eigenvalue weighted by Gasteiger charge is 2.36. The fourth-order valence-corrected chi connectivity index (χ4v) is 3.52. The zero-order valence-corrected chi connectivity index (χ0v) is 14.1. The van der Waals surface area contributed by atoms with Crippen LogP contribution in [0.5, 0.6) is 11.5 Å². The van der Waals surface area contributed by atoms with Gasteiger partial charge in [-0.15, -0.1) is 0 Å². The average Bonchev–Trinajstić information content (AvgIpc) is 2.34. The maximum absolute atomic E-state index is 5.39. The second-order valence-corrected chi connectivity index (χ2v) is 7.23. The van der Waals surface area contributed by atoms with Crippen LogP contribution in [-0.2, 0) is 6.54 Å². The van der Waals surface area contributed by atoms with Crippen LogP contribution in [0.1, 0.15) is 33.3 Å². The van der Waals surface area contributed by atoms with Crippen molar-refractivity contribution >= 4 is 0 Å². The van der Waals surface area contributed by atoms with Crippen molar-refractivity contribution in [3.8, 4) is 11.5 Å². The van der Waals surface area contributed by atoms with Crippen LogP contribution in [0.15, 0.2) is 18.2 Å². The van der Waals surface area contributed by atoms with Crippen LogP contribution >= 0.6 is 0 Å². The zero-order valence-electron chi connectivity index (χ0n) is 14.1. The minimum Gasteiger partial charge on any atom is -0.493 e. The summed E-state index contributed by atoms with van der Waals surface area (Å²) in [6.07, 6.45) is 0. The SMILES string of the molecule is COc1ccc(CN2CC(C)(C)NC(C)(C)C2)cc1OC. The van der Waals surface area contributed by atoms with Crippen molar-refractivity contribution in [1.82, 2.24) is 10.2 Å². The van der Waals surface area contributed by atoms with Gasteiger partial charge in [0, 0.05) is 30.7 Å². The minimum atomic E-state index is 0.123. The van der Waals surface area contributed by atoms with Crippen molar-refractivity contribution in [2.75, 3.05) is 27.3 Å². The number of benzene rings is 1.